The molecule has 0 saturated carbocycles. The summed E-state index contributed by atoms with van der Waals surface area (Å²) in [6.07, 6.45) is 3.60. The van der Waals surface area contributed by atoms with Gasteiger partial charge < -0.3 is 10.1 Å². The van der Waals surface area contributed by atoms with Gasteiger partial charge >= 0.3 is 5.97 Å². The molecule has 0 saturated heterocycles. The second-order valence-corrected chi connectivity index (χ2v) is 5.69. The van der Waals surface area contributed by atoms with Crippen LogP contribution in [0.15, 0.2) is 42.7 Å². The monoisotopic (exact) mass is 328 g/mol. The fourth-order valence-corrected chi connectivity index (χ4v) is 2.90. The molecule has 1 aromatic carbocycles. The Morgan fingerprint density at radius 3 is 2.78 bits per heavy atom. The van der Waals surface area contributed by atoms with Crippen molar-refractivity contribution in [3.8, 4) is 5.69 Å². The number of nitrogens with zero attached hydrogens (tertiary/aromatic N) is 3. The molecule has 0 fully saturated rings. The molecule has 0 aliphatic heterocycles. The average Bonchev–Trinajstić information content (AvgIpc) is 3.22. The molecular weight excluding hydrogens is 312 g/mol. The van der Waals surface area contributed by atoms with Crippen molar-refractivity contribution in [2.75, 3.05) is 12.4 Å². The number of anilines is 1. The Balaban J connectivity index is 1.66. The molecule has 2 heterocycles. The maximum Gasteiger partial charge on any atom is 0.343 e. The van der Waals surface area contributed by atoms with Gasteiger partial charge in [-0.05, 0) is 42.2 Å². The van der Waals surface area contributed by atoms with Crippen molar-refractivity contribution in [2.45, 2.75) is 13.5 Å². The highest BCUT2D eigenvalue weighted by Crippen LogP contribution is 2.25. The molecule has 3 rings (SSSR count). The van der Waals surface area contributed by atoms with Crippen LogP contribution in [0.5, 0.6) is 0 Å². The second-order valence-electron chi connectivity index (χ2n) is 4.92. The van der Waals surface area contributed by atoms with Crippen LogP contribution in [0, 0.1) is 6.92 Å². The van der Waals surface area contributed by atoms with Crippen LogP contribution in [0.2, 0.25) is 0 Å². The summed E-state index contributed by atoms with van der Waals surface area (Å²) in [7, 11) is 1.76. The van der Waals surface area contributed by atoms with Crippen molar-refractivity contribution < 1.29 is 9.53 Å². The standard InChI is InChI=1S/C16H16N4O2S/c1-11-14(15(17-2)23-19-11)16(21)22-10-12-4-6-13(7-5-12)20-9-3-8-18-20/h3-9,17H,10H2,1-2H3. The van der Waals surface area contributed by atoms with Crippen LogP contribution in [0.3, 0.4) is 0 Å². The molecule has 0 aliphatic carbocycles. The lowest BCUT2D eigenvalue weighted by Crippen LogP contribution is -2.08. The molecule has 0 bridgehead atoms. The smallest absolute Gasteiger partial charge is 0.343 e. The first-order chi connectivity index (χ1) is 11.2. The Morgan fingerprint density at radius 1 is 1.35 bits per heavy atom. The third-order valence-corrected chi connectivity index (χ3v) is 4.33. The van der Waals surface area contributed by atoms with E-state index in [0.717, 1.165) is 16.3 Å². The van der Waals surface area contributed by atoms with Gasteiger partial charge in [0.1, 0.15) is 17.2 Å². The Morgan fingerprint density at radius 2 is 2.13 bits per heavy atom. The number of aromatic nitrogens is 3. The lowest BCUT2D eigenvalue weighted by atomic mass is 10.2. The Labute approximate surface area is 137 Å². The van der Waals surface area contributed by atoms with Gasteiger partial charge in [-0.25, -0.2) is 9.48 Å². The summed E-state index contributed by atoms with van der Waals surface area (Å²) in [4.78, 5) is 12.2. The van der Waals surface area contributed by atoms with E-state index in [0.29, 0.717) is 11.3 Å². The van der Waals surface area contributed by atoms with Gasteiger partial charge in [-0.15, -0.1) is 0 Å². The number of benzene rings is 1. The van der Waals surface area contributed by atoms with E-state index in [9.17, 15) is 4.79 Å². The topological polar surface area (TPSA) is 69.0 Å². The van der Waals surface area contributed by atoms with Crippen molar-refractivity contribution in [1.29, 1.82) is 0 Å². The average molecular weight is 328 g/mol. The highest BCUT2D eigenvalue weighted by atomic mass is 32.1. The SMILES string of the molecule is CNc1snc(C)c1C(=O)OCc1ccc(-n2cccn2)cc1. The minimum absolute atomic E-state index is 0.219. The summed E-state index contributed by atoms with van der Waals surface area (Å²) in [6.45, 7) is 2.02. The third kappa shape index (κ3) is 3.24. The molecule has 0 spiro atoms. The van der Waals surface area contributed by atoms with E-state index in [1.54, 1.807) is 24.9 Å². The molecule has 0 unspecified atom stereocenters. The highest BCUT2D eigenvalue weighted by Gasteiger charge is 2.19. The van der Waals surface area contributed by atoms with Crippen LogP contribution in [-0.4, -0.2) is 27.2 Å². The van der Waals surface area contributed by atoms with E-state index < -0.39 is 0 Å². The Hall–Kier alpha value is -2.67. The molecule has 23 heavy (non-hydrogen) atoms. The molecule has 0 atom stereocenters. The normalized spacial score (nSPS) is 10.5. The van der Waals surface area contributed by atoms with Gasteiger partial charge in [0.05, 0.1) is 11.4 Å². The van der Waals surface area contributed by atoms with Crippen LogP contribution in [-0.2, 0) is 11.3 Å². The molecule has 2 aromatic heterocycles. The number of nitrogens with one attached hydrogen (secondary N) is 1. The van der Waals surface area contributed by atoms with Gasteiger partial charge in [0, 0.05) is 19.4 Å². The zero-order valence-electron chi connectivity index (χ0n) is 12.8. The number of carbonyl (C=O) groups is 1. The first-order valence-corrected chi connectivity index (χ1v) is 7.86. The summed E-state index contributed by atoms with van der Waals surface area (Å²) in [5.41, 5.74) is 3.06. The molecular formula is C16H16N4O2S. The van der Waals surface area contributed by atoms with Crippen molar-refractivity contribution in [2.24, 2.45) is 0 Å². The molecule has 1 N–H and O–H groups in total. The number of ether oxygens (including phenoxy) is 1. The van der Waals surface area contributed by atoms with Crippen LogP contribution in [0.1, 0.15) is 21.6 Å². The largest absolute Gasteiger partial charge is 0.457 e. The van der Waals surface area contributed by atoms with Gasteiger partial charge in [-0.1, -0.05) is 12.1 Å². The van der Waals surface area contributed by atoms with Gasteiger partial charge in [0.25, 0.3) is 0 Å². The van der Waals surface area contributed by atoms with Gasteiger partial charge in [-0.3, -0.25) is 0 Å². The molecule has 3 aromatic rings. The quantitative estimate of drug-likeness (QED) is 0.729. The molecule has 118 valence electrons. The molecule has 0 amide bonds. The van der Waals surface area contributed by atoms with E-state index in [1.807, 2.05) is 36.5 Å². The number of hydrogen-bond acceptors (Lipinski definition) is 6. The summed E-state index contributed by atoms with van der Waals surface area (Å²) in [5, 5.41) is 7.86. The van der Waals surface area contributed by atoms with Crippen molar-refractivity contribution in [3.05, 3.63) is 59.5 Å². The van der Waals surface area contributed by atoms with Gasteiger partial charge in [-0.2, -0.15) is 9.47 Å². The fourth-order valence-electron chi connectivity index (χ4n) is 2.17. The first-order valence-electron chi connectivity index (χ1n) is 7.09. The molecule has 0 radical (unpaired) electrons. The number of aryl methyl sites for hydroxylation is 1. The van der Waals surface area contributed by atoms with Crippen LogP contribution < -0.4 is 5.32 Å². The van der Waals surface area contributed by atoms with E-state index in [4.69, 9.17) is 4.74 Å². The lowest BCUT2D eigenvalue weighted by Gasteiger charge is -2.07. The maximum absolute atomic E-state index is 12.2. The number of carbonyl (C=O) groups excluding carboxylic acids is 1. The van der Waals surface area contributed by atoms with Gasteiger partial charge in [0.2, 0.25) is 0 Å². The van der Waals surface area contributed by atoms with Crippen molar-refractivity contribution in [1.82, 2.24) is 14.2 Å². The van der Waals surface area contributed by atoms with Crippen LogP contribution in [0.4, 0.5) is 5.00 Å². The highest BCUT2D eigenvalue weighted by molar-refractivity contribution is 7.10. The zero-order chi connectivity index (χ0) is 16.2. The third-order valence-electron chi connectivity index (χ3n) is 3.37. The predicted molar refractivity (Wildman–Crippen MR) is 89.1 cm³/mol. The van der Waals surface area contributed by atoms with Crippen LogP contribution in [0.25, 0.3) is 5.69 Å². The minimum atomic E-state index is -0.364. The summed E-state index contributed by atoms with van der Waals surface area (Å²) in [6, 6.07) is 9.58. The number of rotatable bonds is 5. The zero-order valence-corrected chi connectivity index (χ0v) is 13.6. The Bertz CT molecular complexity index is 794. The van der Waals surface area contributed by atoms with Crippen molar-refractivity contribution >= 4 is 22.5 Å². The van der Waals surface area contributed by atoms with E-state index >= 15 is 0 Å². The second kappa shape index (κ2) is 6.62. The fraction of sp³-hybridized carbons (Fsp3) is 0.188. The predicted octanol–water partition coefficient (Wildman–Crippen LogP) is 3.04. The molecule has 7 heteroatoms. The summed E-state index contributed by atoms with van der Waals surface area (Å²) < 4.78 is 11.3. The summed E-state index contributed by atoms with van der Waals surface area (Å²) in [5.74, 6) is -0.364. The number of esters is 1. The lowest BCUT2D eigenvalue weighted by molar-refractivity contribution is 0.0473. The first kappa shape index (κ1) is 15.2. The van der Waals surface area contributed by atoms with E-state index in [-0.39, 0.29) is 12.6 Å². The van der Waals surface area contributed by atoms with Crippen LogP contribution >= 0.6 is 11.5 Å². The molecule has 0 aliphatic rings. The van der Waals surface area contributed by atoms with Gasteiger partial charge in [0.15, 0.2) is 0 Å². The Kier molecular flexibility index (Phi) is 4.38. The molecule has 6 nitrogen and oxygen atoms in total. The summed E-state index contributed by atoms with van der Waals surface area (Å²) >= 11 is 1.25. The minimum Gasteiger partial charge on any atom is -0.457 e. The van der Waals surface area contributed by atoms with Crippen molar-refractivity contribution in [3.63, 3.8) is 0 Å². The van der Waals surface area contributed by atoms with E-state index in [1.165, 1.54) is 11.5 Å². The maximum atomic E-state index is 12.2. The van der Waals surface area contributed by atoms with E-state index in [2.05, 4.69) is 14.8 Å². The number of hydrogen-bond donors (Lipinski definition) is 1.